The van der Waals surface area contributed by atoms with Crippen molar-refractivity contribution in [1.29, 1.82) is 0 Å². The molecular weight excluding hydrogens is 340 g/mol. The van der Waals surface area contributed by atoms with Gasteiger partial charge in [-0.05, 0) is 55.0 Å². The SMILES string of the molecule is CCCOc1ccc(C(=O)Nc2ccc(S(=O)(=O)N(C)C)cc2)cc1. The molecule has 0 radical (unpaired) electrons. The minimum Gasteiger partial charge on any atom is -0.494 e. The van der Waals surface area contributed by atoms with Crippen molar-refractivity contribution >= 4 is 21.6 Å². The maximum Gasteiger partial charge on any atom is 0.255 e. The molecular formula is C18H22N2O4S. The average molecular weight is 362 g/mol. The first-order valence-electron chi connectivity index (χ1n) is 7.91. The van der Waals surface area contributed by atoms with Gasteiger partial charge in [-0.2, -0.15) is 0 Å². The van der Waals surface area contributed by atoms with Crippen molar-refractivity contribution in [3.05, 3.63) is 54.1 Å². The number of carbonyl (C=O) groups is 1. The Morgan fingerprint density at radius 2 is 1.64 bits per heavy atom. The zero-order valence-electron chi connectivity index (χ0n) is 14.5. The molecule has 0 aliphatic heterocycles. The summed E-state index contributed by atoms with van der Waals surface area (Å²) in [6.45, 7) is 2.66. The van der Waals surface area contributed by atoms with E-state index in [2.05, 4.69) is 5.32 Å². The monoisotopic (exact) mass is 362 g/mol. The maximum absolute atomic E-state index is 12.3. The predicted molar refractivity (Wildman–Crippen MR) is 97.5 cm³/mol. The first-order valence-corrected chi connectivity index (χ1v) is 9.35. The summed E-state index contributed by atoms with van der Waals surface area (Å²) in [6.07, 6.45) is 0.918. The van der Waals surface area contributed by atoms with Crippen LogP contribution in [0.1, 0.15) is 23.7 Å². The molecule has 0 unspecified atom stereocenters. The lowest BCUT2D eigenvalue weighted by molar-refractivity contribution is 0.102. The Kier molecular flexibility index (Phi) is 6.17. The van der Waals surface area contributed by atoms with Gasteiger partial charge >= 0.3 is 0 Å². The van der Waals surface area contributed by atoms with Gasteiger partial charge in [-0.3, -0.25) is 4.79 Å². The van der Waals surface area contributed by atoms with Gasteiger partial charge < -0.3 is 10.1 Å². The number of nitrogens with zero attached hydrogens (tertiary/aromatic N) is 1. The quantitative estimate of drug-likeness (QED) is 0.822. The number of benzene rings is 2. The van der Waals surface area contributed by atoms with E-state index >= 15 is 0 Å². The van der Waals surface area contributed by atoms with E-state index in [1.54, 1.807) is 36.4 Å². The van der Waals surface area contributed by atoms with Gasteiger partial charge in [0.2, 0.25) is 10.0 Å². The summed E-state index contributed by atoms with van der Waals surface area (Å²) in [4.78, 5) is 12.4. The summed E-state index contributed by atoms with van der Waals surface area (Å²) in [5, 5.41) is 2.74. The Morgan fingerprint density at radius 1 is 1.04 bits per heavy atom. The third-order valence-corrected chi connectivity index (χ3v) is 5.31. The van der Waals surface area contributed by atoms with Crippen LogP contribution in [0.25, 0.3) is 0 Å². The van der Waals surface area contributed by atoms with Crippen LogP contribution in [-0.4, -0.2) is 39.3 Å². The Hall–Kier alpha value is -2.38. The number of sulfonamides is 1. The Labute approximate surface area is 148 Å². The van der Waals surface area contributed by atoms with Crippen LogP contribution in [0.4, 0.5) is 5.69 Å². The van der Waals surface area contributed by atoms with Crippen LogP contribution in [0.3, 0.4) is 0 Å². The van der Waals surface area contributed by atoms with Crippen LogP contribution >= 0.6 is 0 Å². The molecule has 1 N–H and O–H groups in total. The van der Waals surface area contributed by atoms with Crippen molar-refractivity contribution < 1.29 is 17.9 Å². The lowest BCUT2D eigenvalue weighted by Crippen LogP contribution is -2.22. The van der Waals surface area contributed by atoms with Crippen molar-refractivity contribution in [3.63, 3.8) is 0 Å². The van der Waals surface area contributed by atoms with E-state index in [1.165, 1.54) is 26.2 Å². The van der Waals surface area contributed by atoms with Crippen LogP contribution in [0, 0.1) is 0 Å². The highest BCUT2D eigenvalue weighted by Gasteiger charge is 2.16. The molecule has 0 atom stereocenters. The summed E-state index contributed by atoms with van der Waals surface area (Å²) >= 11 is 0. The molecule has 0 bridgehead atoms. The maximum atomic E-state index is 12.3. The molecule has 2 aromatic carbocycles. The molecule has 0 aliphatic carbocycles. The van der Waals surface area contributed by atoms with E-state index in [1.807, 2.05) is 6.92 Å². The summed E-state index contributed by atoms with van der Waals surface area (Å²) in [5.41, 5.74) is 1.02. The van der Waals surface area contributed by atoms with Crippen LogP contribution < -0.4 is 10.1 Å². The lowest BCUT2D eigenvalue weighted by atomic mass is 10.2. The molecule has 7 heteroatoms. The average Bonchev–Trinajstić information content (AvgIpc) is 2.60. The van der Waals surface area contributed by atoms with E-state index in [0.29, 0.717) is 17.9 Å². The molecule has 134 valence electrons. The van der Waals surface area contributed by atoms with Crippen LogP contribution in [-0.2, 0) is 10.0 Å². The summed E-state index contributed by atoms with van der Waals surface area (Å²) in [7, 11) is -0.538. The topological polar surface area (TPSA) is 75.7 Å². The second kappa shape index (κ2) is 8.13. The molecule has 2 rings (SSSR count). The molecule has 0 saturated heterocycles. The minimum absolute atomic E-state index is 0.174. The highest BCUT2D eigenvalue weighted by molar-refractivity contribution is 7.89. The van der Waals surface area contributed by atoms with E-state index in [0.717, 1.165) is 16.5 Å². The number of ether oxygens (including phenoxy) is 1. The zero-order chi connectivity index (χ0) is 18.4. The fraction of sp³-hybridized carbons (Fsp3) is 0.278. The van der Waals surface area contributed by atoms with Gasteiger partial charge in [0.25, 0.3) is 5.91 Å². The Bertz CT molecular complexity index is 813. The molecule has 0 aromatic heterocycles. The molecule has 25 heavy (non-hydrogen) atoms. The standard InChI is InChI=1S/C18H22N2O4S/c1-4-13-24-16-9-5-14(6-10-16)18(21)19-15-7-11-17(12-8-15)25(22,23)20(2)3/h5-12H,4,13H2,1-3H3,(H,19,21). The van der Waals surface area contributed by atoms with Gasteiger partial charge in [-0.15, -0.1) is 0 Å². The second-order valence-corrected chi connectivity index (χ2v) is 7.79. The summed E-state index contributed by atoms with van der Waals surface area (Å²) < 4.78 is 30.7. The third-order valence-electron chi connectivity index (χ3n) is 3.48. The van der Waals surface area contributed by atoms with Gasteiger partial charge in [-0.1, -0.05) is 6.92 Å². The van der Waals surface area contributed by atoms with Crippen molar-refractivity contribution in [2.45, 2.75) is 18.2 Å². The number of rotatable bonds is 7. The Morgan fingerprint density at radius 3 is 2.16 bits per heavy atom. The molecule has 0 heterocycles. The molecule has 0 saturated carbocycles. The van der Waals surface area contributed by atoms with Gasteiger partial charge in [0.1, 0.15) is 5.75 Å². The number of carbonyl (C=O) groups excluding carboxylic acids is 1. The zero-order valence-corrected chi connectivity index (χ0v) is 15.3. The van der Waals surface area contributed by atoms with Crippen LogP contribution in [0.15, 0.2) is 53.4 Å². The van der Waals surface area contributed by atoms with Crippen molar-refractivity contribution in [1.82, 2.24) is 4.31 Å². The van der Waals surface area contributed by atoms with E-state index in [9.17, 15) is 13.2 Å². The number of anilines is 1. The first-order chi connectivity index (χ1) is 11.8. The molecule has 0 aliphatic rings. The van der Waals surface area contributed by atoms with E-state index < -0.39 is 10.0 Å². The normalized spacial score (nSPS) is 11.4. The largest absolute Gasteiger partial charge is 0.494 e. The van der Waals surface area contributed by atoms with Crippen LogP contribution in [0.5, 0.6) is 5.75 Å². The number of hydrogen-bond acceptors (Lipinski definition) is 4. The predicted octanol–water partition coefficient (Wildman–Crippen LogP) is 2.98. The lowest BCUT2D eigenvalue weighted by Gasteiger charge is -2.12. The van der Waals surface area contributed by atoms with Gasteiger partial charge in [0, 0.05) is 25.3 Å². The van der Waals surface area contributed by atoms with Crippen LogP contribution in [0.2, 0.25) is 0 Å². The van der Waals surface area contributed by atoms with Crippen molar-refractivity contribution in [2.24, 2.45) is 0 Å². The number of amides is 1. The van der Waals surface area contributed by atoms with Gasteiger partial charge in [-0.25, -0.2) is 12.7 Å². The summed E-state index contributed by atoms with van der Waals surface area (Å²) in [5.74, 6) is 0.446. The van der Waals surface area contributed by atoms with Crippen molar-refractivity contribution in [3.8, 4) is 5.75 Å². The van der Waals surface area contributed by atoms with Gasteiger partial charge in [0.15, 0.2) is 0 Å². The number of hydrogen-bond donors (Lipinski definition) is 1. The smallest absolute Gasteiger partial charge is 0.255 e. The van der Waals surface area contributed by atoms with E-state index in [-0.39, 0.29) is 10.8 Å². The van der Waals surface area contributed by atoms with Gasteiger partial charge in [0.05, 0.1) is 11.5 Å². The second-order valence-electron chi connectivity index (χ2n) is 5.64. The van der Waals surface area contributed by atoms with E-state index in [4.69, 9.17) is 4.74 Å². The summed E-state index contributed by atoms with van der Waals surface area (Å²) in [6, 6.07) is 12.9. The highest BCUT2D eigenvalue weighted by Crippen LogP contribution is 2.18. The number of nitrogens with one attached hydrogen (secondary N) is 1. The fourth-order valence-electron chi connectivity index (χ4n) is 2.05. The molecule has 2 aromatic rings. The van der Waals surface area contributed by atoms with Crippen molar-refractivity contribution in [2.75, 3.05) is 26.0 Å². The first kappa shape index (κ1) is 19.0. The third kappa shape index (κ3) is 4.80. The molecule has 0 spiro atoms. The molecule has 1 amide bonds. The Balaban J connectivity index is 2.05. The fourth-order valence-corrected chi connectivity index (χ4v) is 2.95. The highest BCUT2D eigenvalue weighted by atomic mass is 32.2. The minimum atomic E-state index is -3.48. The molecule has 0 fully saturated rings. The molecule has 6 nitrogen and oxygen atoms in total.